The van der Waals surface area contributed by atoms with Crippen LogP contribution in [0, 0.1) is 5.92 Å². The molecule has 0 spiro atoms. The summed E-state index contributed by atoms with van der Waals surface area (Å²) in [4.78, 5) is 65.9. The van der Waals surface area contributed by atoms with E-state index in [2.05, 4.69) is 16.0 Å². The first-order chi connectivity index (χ1) is 19.2. The molecule has 4 amide bonds. The third-order valence-electron chi connectivity index (χ3n) is 6.58. The molecule has 0 unspecified atom stereocenters. The molecule has 1 aromatic rings. The summed E-state index contributed by atoms with van der Waals surface area (Å²) in [6, 6.07) is 5.32. The topological polar surface area (TPSA) is 154 Å². The van der Waals surface area contributed by atoms with Crippen LogP contribution in [0.2, 0.25) is 11.1 Å². The molecule has 0 bridgehead atoms. The molecular formula is C29H44N4O7Se. The van der Waals surface area contributed by atoms with Crippen molar-refractivity contribution in [2.24, 2.45) is 5.92 Å². The second-order valence-electron chi connectivity index (χ2n) is 11.5. The van der Waals surface area contributed by atoms with Crippen LogP contribution in [0.1, 0.15) is 59.4 Å². The number of aliphatic carboxylic acids is 1. The fourth-order valence-corrected chi connectivity index (χ4v) is 5.53. The first kappa shape index (κ1) is 34.1. The third-order valence-corrected chi connectivity index (χ3v) is 7.93. The van der Waals surface area contributed by atoms with Crippen molar-refractivity contribution >= 4 is 44.7 Å². The van der Waals surface area contributed by atoms with Crippen molar-refractivity contribution in [3.05, 3.63) is 35.9 Å². The van der Waals surface area contributed by atoms with E-state index in [1.54, 1.807) is 34.6 Å². The summed E-state index contributed by atoms with van der Waals surface area (Å²) in [7, 11) is 0. The van der Waals surface area contributed by atoms with Gasteiger partial charge in [0.15, 0.2) is 0 Å². The summed E-state index contributed by atoms with van der Waals surface area (Å²) < 4.78 is 5.35. The van der Waals surface area contributed by atoms with Crippen molar-refractivity contribution in [2.45, 2.75) is 101 Å². The van der Waals surface area contributed by atoms with Gasteiger partial charge in [0.05, 0.1) is 0 Å². The SMILES string of the molecule is C[Se]CC[C@H](NC(=O)[C@@H](NC(=O)[C@H](Cc1ccccc1)NC(=O)OC(C)(C)C)C(C)C)C(=O)N1CCC[C@H]1C(=O)O. The molecule has 0 aliphatic carbocycles. The Morgan fingerprint density at radius 2 is 1.68 bits per heavy atom. The Hall–Kier alpha value is -3.11. The first-order valence-corrected chi connectivity index (χ1v) is 16.8. The van der Waals surface area contributed by atoms with Gasteiger partial charge in [0.2, 0.25) is 0 Å². The van der Waals surface area contributed by atoms with Crippen LogP contribution in [0.25, 0.3) is 0 Å². The molecule has 228 valence electrons. The maximum absolute atomic E-state index is 13.5. The van der Waals surface area contributed by atoms with Gasteiger partial charge in [-0.15, -0.1) is 0 Å². The van der Waals surface area contributed by atoms with E-state index < -0.39 is 59.6 Å². The maximum atomic E-state index is 13.5. The molecule has 4 atom stereocenters. The molecular weight excluding hydrogens is 595 g/mol. The summed E-state index contributed by atoms with van der Waals surface area (Å²) >= 11 is 0.240. The third kappa shape index (κ3) is 11.0. The summed E-state index contributed by atoms with van der Waals surface area (Å²) in [5.74, 6) is -0.920. The monoisotopic (exact) mass is 640 g/mol. The Morgan fingerprint density at radius 1 is 1.02 bits per heavy atom. The van der Waals surface area contributed by atoms with Crippen molar-refractivity contribution in [3.8, 4) is 0 Å². The Kier molecular flexibility index (Phi) is 13.1. The number of carbonyl (C=O) groups excluding carboxylic acids is 4. The van der Waals surface area contributed by atoms with E-state index in [-0.39, 0.29) is 27.3 Å². The van der Waals surface area contributed by atoms with Crippen LogP contribution in [0.15, 0.2) is 30.3 Å². The van der Waals surface area contributed by atoms with Gasteiger partial charge in [0.25, 0.3) is 0 Å². The second kappa shape index (κ2) is 15.8. The minimum atomic E-state index is -1.06. The zero-order valence-corrected chi connectivity index (χ0v) is 26.5. The fraction of sp³-hybridized carbons (Fsp3) is 0.621. The van der Waals surface area contributed by atoms with Crippen LogP contribution in [-0.2, 0) is 30.3 Å². The van der Waals surface area contributed by atoms with Gasteiger partial charge >= 0.3 is 204 Å². The number of hydrogen-bond donors (Lipinski definition) is 4. The summed E-state index contributed by atoms with van der Waals surface area (Å²) in [6.07, 6.45) is 0.740. The molecule has 1 aromatic carbocycles. The Labute approximate surface area is 248 Å². The number of nitrogens with one attached hydrogen (secondary N) is 3. The van der Waals surface area contributed by atoms with Gasteiger partial charge in [-0.1, -0.05) is 18.2 Å². The number of alkyl carbamates (subject to hydrolysis) is 1. The van der Waals surface area contributed by atoms with Crippen LogP contribution in [0.3, 0.4) is 0 Å². The van der Waals surface area contributed by atoms with Gasteiger partial charge in [0, 0.05) is 0 Å². The average molecular weight is 640 g/mol. The van der Waals surface area contributed by atoms with Crippen molar-refractivity contribution in [2.75, 3.05) is 6.54 Å². The first-order valence-electron chi connectivity index (χ1n) is 13.9. The number of hydrogen-bond acceptors (Lipinski definition) is 6. The number of likely N-dealkylation sites (tertiary alicyclic amines) is 1. The molecule has 12 heteroatoms. The Balaban J connectivity index is 2.22. The summed E-state index contributed by atoms with van der Waals surface area (Å²) in [5, 5.41) is 18.5. The molecule has 0 aromatic heterocycles. The van der Waals surface area contributed by atoms with Crippen LogP contribution in [0.5, 0.6) is 0 Å². The molecule has 1 aliphatic rings. The van der Waals surface area contributed by atoms with Gasteiger partial charge in [-0.2, -0.15) is 0 Å². The van der Waals surface area contributed by atoms with Crippen LogP contribution < -0.4 is 16.0 Å². The second-order valence-corrected chi connectivity index (χ2v) is 13.6. The number of carboxylic acid groups (broad SMARTS) is 1. The van der Waals surface area contributed by atoms with E-state index in [9.17, 15) is 29.1 Å². The summed E-state index contributed by atoms with van der Waals surface area (Å²) in [5.41, 5.74) is 0.0362. The molecule has 1 saturated heterocycles. The number of nitrogens with zero attached hydrogens (tertiary/aromatic N) is 1. The average Bonchev–Trinajstić information content (AvgIpc) is 3.38. The predicted octanol–water partition coefficient (Wildman–Crippen LogP) is 2.38. The number of benzene rings is 1. The van der Waals surface area contributed by atoms with Crippen molar-refractivity contribution in [1.29, 1.82) is 0 Å². The van der Waals surface area contributed by atoms with E-state index in [1.165, 1.54) is 4.90 Å². The van der Waals surface area contributed by atoms with E-state index in [4.69, 9.17) is 4.74 Å². The quantitative estimate of drug-likeness (QED) is 0.242. The number of rotatable bonds is 13. The number of carbonyl (C=O) groups is 5. The molecule has 41 heavy (non-hydrogen) atoms. The summed E-state index contributed by atoms with van der Waals surface area (Å²) in [6.45, 7) is 9.01. The molecule has 4 N–H and O–H groups in total. The zero-order chi connectivity index (χ0) is 30.7. The standard InChI is InChI=1S/C29H44N4O7Se/c1-18(2)23(25(35)30-20(14-16-41-6)26(36)33-15-10-13-22(33)27(37)38)32-24(34)21(17-19-11-8-7-9-12-19)31-28(39)40-29(3,4)5/h7-9,11-12,18,20-23H,10,13-17H2,1-6H3,(H,30,35)(H,31,39)(H,32,34)(H,37,38)/t20-,21-,22-,23-/m0/s1. The van der Waals surface area contributed by atoms with Gasteiger partial charge in [-0.05, 0) is 20.8 Å². The van der Waals surface area contributed by atoms with E-state index >= 15 is 0 Å². The van der Waals surface area contributed by atoms with Gasteiger partial charge in [0.1, 0.15) is 5.60 Å². The predicted molar refractivity (Wildman–Crippen MR) is 155 cm³/mol. The number of carboxylic acids is 1. The van der Waals surface area contributed by atoms with Crippen molar-refractivity contribution in [3.63, 3.8) is 0 Å². The zero-order valence-electron chi connectivity index (χ0n) is 24.8. The normalized spacial score (nSPS) is 17.3. The molecule has 1 fully saturated rings. The molecule has 1 heterocycles. The molecule has 11 nitrogen and oxygen atoms in total. The van der Waals surface area contributed by atoms with Gasteiger partial charge < -0.3 is 0 Å². The van der Waals surface area contributed by atoms with Crippen molar-refractivity contribution < 1.29 is 33.8 Å². The molecule has 0 saturated carbocycles. The molecule has 1 aliphatic heterocycles. The number of amides is 4. The molecule has 0 radical (unpaired) electrons. The van der Waals surface area contributed by atoms with E-state index in [0.717, 1.165) is 5.56 Å². The van der Waals surface area contributed by atoms with Gasteiger partial charge in [-0.3, -0.25) is 0 Å². The van der Waals surface area contributed by atoms with Crippen molar-refractivity contribution in [1.82, 2.24) is 20.9 Å². The van der Waals surface area contributed by atoms with E-state index in [1.807, 2.05) is 36.2 Å². The van der Waals surface area contributed by atoms with Crippen LogP contribution >= 0.6 is 0 Å². The van der Waals surface area contributed by atoms with E-state index in [0.29, 0.717) is 31.1 Å². The van der Waals surface area contributed by atoms with Crippen LogP contribution in [-0.4, -0.2) is 91.1 Å². The molecule has 2 rings (SSSR count). The number of ether oxygens (including phenoxy) is 1. The Morgan fingerprint density at radius 3 is 2.24 bits per heavy atom. The van der Waals surface area contributed by atoms with Crippen LogP contribution in [0.4, 0.5) is 4.79 Å². The van der Waals surface area contributed by atoms with Gasteiger partial charge in [-0.25, -0.2) is 0 Å². The fourth-order valence-electron chi connectivity index (χ4n) is 4.54. The Bertz CT molecular complexity index is 1060. The minimum absolute atomic E-state index is 0.170.